The van der Waals surface area contributed by atoms with E-state index in [-0.39, 0.29) is 0 Å². The number of hydrogen-bond donors (Lipinski definition) is 0. The van der Waals surface area contributed by atoms with Crippen LogP contribution in [0, 0.1) is 0 Å². The van der Waals surface area contributed by atoms with Gasteiger partial charge < -0.3 is 0 Å². The van der Waals surface area contributed by atoms with Crippen molar-refractivity contribution in [2.45, 2.75) is 19.6 Å². The molecule has 0 amide bonds. The molecule has 0 heterocycles. The molecule has 0 fully saturated rings. The summed E-state index contributed by atoms with van der Waals surface area (Å²) in [5, 5.41) is 0. The minimum atomic E-state index is 1.27. The maximum absolute atomic E-state index is 2.32. The fourth-order valence-electron chi connectivity index (χ4n) is 2.65. The van der Waals surface area contributed by atoms with Gasteiger partial charge in [-0.1, -0.05) is 90.3 Å². The maximum Gasteiger partial charge on any atom is 0.0212 e. The van der Waals surface area contributed by atoms with Gasteiger partial charge in [-0.2, -0.15) is 0 Å². The lowest BCUT2D eigenvalue weighted by molar-refractivity contribution is 1.42. The van der Waals surface area contributed by atoms with Crippen LogP contribution in [0.1, 0.15) is 0 Å². The van der Waals surface area contributed by atoms with E-state index in [9.17, 15) is 0 Å². The Labute approximate surface area is 151 Å². The topological polar surface area (TPSA) is 0 Å². The SMILES string of the molecule is c1ccc(Sc2cc(Sc3ccccc3)c3cccccc2-3)cc1. The predicted molar refractivity (Wildman–Crippen MR) is 104 cm³/mol. The van der Waals surface area contributed by atoms with Crippen molar-refractivity contribution < 1.29 is 0 Å². The molecule has 0 spiro atoms. The van der Waals surface area contributed by atoms with Crippen molar-refractivity contribution in [3.8, 4) is 11.1 Å². The average molecular weight is 345 g/mol. The van der Waals surface area contributed by atoms with Gasteiger partial charge in [-0.15, -0.1) is 0 Å². The lowest BCUT2D eigenvalue weighted by Gasteiger charge is -2.02. The molecule has 0 aliphatic heterocycles. The Morgan fingerprint density at radius 3 is 1.21 bits per heavy atom. The van der Waals surface area contributed by atoms with Crippen LogP contribution in [-0.2, 0) is 0 Å². The highest BCUT2D eigenvalue weighted by Gasteiger charge is 2.16. The van der Waals surface area contributed by atoms with Crippen LogP contribution >= 0.6 is 23.5 Å². The van der Waals surface area contributed by atoms with Gasteiger partial charge in [0.25, 0.3) is 0 Å². The van der Waals surface area contributed by atoms with Gasteiger partial charge >= 0.3 is 0 Å². The molecule has 0 aromatic heterocycles. The first-order valence-corrected chi connectivity index (χ1v) is 9.51. The molecule has 2 heteroatoms. The first-order valence-electron chi connectivity index (χ1n) is 7.88. The normalized spacial score (nSPS) is 10.8. The molecule has 0 bridgehead atoms. The van der Waals surface area contributed by atoms with Gasteiger partial charge in [0.2, 0.25) is 0 Å². The van der Waals surface area contributed by atoms with Crippen molar-refractivity contribution in [1.29, 1.82) is 0 Å². The quantitative estimate of drug-likeness (QED) is 0.387. The van der Waals surface area contributed by atoms with Crippen LogP contribution in [0.15, 0.2) is 117 Å². The fourth-order valence-corrected chi connectivity index (χ4v) is 4.75. The van der Waals surface area contributed by atoms with E-state index < -0.39 is 0 Å². The standard InChI is InChI=1S/C22H16S2/c1-4-10-17(11-5-1)23-21-16-22(24-18-12-6-2-7-13-18)20-15-9-3-8-14-19(20)21/h1-16H. The average Bonchev–Trinajstić information content (AvgIpc) is 2.80. The van der Waals surface area contributed by atoms with Crippen LogP contribution in [-0.4, -0.2) is 0 Å². The molecule has 0 unspecified atom stereocenters. The van der Waals surface area contributed by atoms with Crippen molar-refractivity contribution in [2.24, 2.45) is 0 Å². The maximum atomic E-state index is 2.32. The van der Waals surface area contributed by atoms with E-state index in [4.69, 9.17) is 0 Å². The Kier molecular flexibility index (Phi) is 4.59. The summed E-state index contributed by atoms with van der Waals surface area (Å²) in [5.74, 6) is 0. The zero-order valence-electron chi connectivity index (χ0n) is 13.1. The van der Waals surface area contributed by atoms with Gasteiger partial charge in [0.05, 0.1) is 0 Å². The van der Waals surface area contributed by atoms with Gasteiger partial charge in [0.15, 0.2) is 0 Å². The van der Waals surface area contributed by atoms with Gasteiger partial charge in [0.1, 0.15) is 0 Å². The summed E-state index contributed by atoms with van der Waals surface area (Å²) >= 11 is 3.66. The molecule has 0 atom stereocenters. The molecule has 24 heavy (non-hydrogen) atoms. The molecule has 4 rings (SSSR count). The first-order chi connectivity index (χ1) is 11.9. The van der Waals surface area contributed by atoms with E-state index in [1.165, 1.54) is 30.7 Å². The van der Waals surface area contributed by atoms with Gasteiger partial charge in [0, 0.05) is 19.6 Å². The van der Waals surface area contributed by atoms with Crippen molar-refractivity contribution in [3.63, 3.8) is 0 Å². The van der Waals surface area contributed by atoms with Crippen LogP contribution in [0.25, 0.3) is 11.1 Å². The number of hydrogen-bond acceptors (Lipinski definition) is 2. The van der Waals surface area contributed by atoms with Crippen molar-refractivity contribution in [1.82, 2.24) is 0 Å². The molecule has 0 saturated heterocycles. The minimum absolute atomic E-state index is 1.27. The minimum Gasteiger partial charge on any atom is -0.0894 e. The smallest absolute Gasteiger partial charge is 0.0212 e. The Morgan fingerprint density at radius 2 is 0.792 bits per heavy atom. The highest BCUT2D eigenvalue weighted by molar-refractivity contribution is 8.00. The van der Waals surface area contributed by atoms with Gasteiger partial charge in [-0.25, -0.2) is 0 Å². The molecule has 2 aliphatic carbocycles. The Balaban J connectivity index is 1.75. The zero-order valence-corrected chi connectivity index (χ0v) is 14.7. The summed E-state index contributed by atoms with van der Waals surface area (Å²) in [6, 6.07) is 34.2. The Morgan fingerprint density at radius 1 is 0.417 bits per heavy atom. The molecule has 0 nitrogen and oxygen atoms in total. The van der Waals surface area contributed by atoms with Crippen LogP contribution in [0.5, 0.6) is 0 Å². The second-order valence-electron chi connectivity index (χ2n) is 5.44. The molecule has 2 aliphatic rings. The monoisotopic (exact) mass is 344 g/mol. The second-order valence-corrected chi connectivity index (χ2v) is 7.67. The van der Waals surface area contributed by atoms with Crippen LogP contribution in [0.3, 0.4) is 0 Å². The summed E-state index contributed by atoms with van der Waals surface area (Å²) in [4.78, 5) is 5.16. The summed E-state index contributed by atoms with van der Waals surface area (Å²) in [6.07, 6.45) is 0. The summed E-state index contributed by atoms with van der Waals surface area (Å²) < 4.78 is 0. The first kappa shape index (κ1) is 15.4. The highest BCUT2D eigenvalue weighted by atomic mass is 32.2. The van der Waals surface area contributed by atoms with Crippen molar-refractivity contribution in [2.75, 3.05) is 0 Å². The lowest BCUT2D eigenvalue weighted by atomic mass is 10.2. The van der Waals surface area contributed by atoms with E-state index in [1.807, 2.05) is 23.5 Å². The number of fused-ring (bicyclic) bond motifs is 1. The van der Waals surface area contributed by atoms with Crippen molar-refractivity contribution in [3.05, 3.63) is 97.1 Å². The van der Waals surface area contributed by atoms with Crippen LogP contribution in [0.2, 0.25) is 0 Å². The summed E-state index contributed by atoms with van der Waals surface area (Å²) in [6.45, 7) is 0. The fraction of sp³-hybridized carbons (Fsp3) is 0. The molecular formula is C22H16S2. The third-order valence-corrected chi connectivity index (χ3v) is 5.90. The lowest BCUT2D eigenvalue weighted by Crippen LogP contribution is -1.73. The van der Waals surface area contributed by atoms with Crippen molar-refractivity contribution >= 4 is 23.5 Å². The molecule has 0 N–H and O–H groups in total. The summed E-state index contributed by atoms with van der Waals surface area (Å²) in [5.41, 5.74) is 2.62. The van der Waals surface area contributed by atoms with Crippen LogP contribution < -0.4 is 0 Å². The number of rotatable bonds is 4. The van der Waals surface area contributed by atoms with Gasteiger partial charge in [-0.05, 0) is 41.5 Å². The van der Waals surface area contributed by atoms with E-state index in [2.05, 4.69) is 97.1 Å². The van der Waals surface area contributed by atoms with E-state index in [1.54, 1.807) is 0 Å². The number of benzene rings is 2. The molecule has 2 aromatic rings. The largest absolute Gasteiger partial charge is 0.0894 e. The van der Waals surface area contributed by atoms with E-state index in [0.29, 0.717) is 0 Å². The molecular weight excluding hydrogens is 328 g/mol. The Bertz CT molecular complexity index is 828. The predicted octanol–water partition coefficient (Wildman–Crippen LogP) is 7.09. The molecule has 116 valence electrons. The molecule has 0 saturated carbocycles. The third kappa shape index (κ3) is 3.35. The van der Waals surface area contributed by atoms with Gasteiger partial charge in [-0.3, -0.25) is 0 Å². The second kappa shape index (κ2) is 7.16. The molecule has 0 radical (unpaired) electrons. The molecule has 2 aromatic carbocycles. The summed E-state index contributed by atoms with van der Waals surface area (Å²) in [7, 11) is 0. The Hall–Kier alpha value is -2.16. The third-order valence-electron chi connectivity index (χ3n) is 3.77. The van der Waals surface area contributed by atoms with E-state index in [0.717, 1.165) is 0 Å². The zero-order chi connectivity index (χ0) is 16.2. The van der Waals surface area contributed by atoms with Crippen LogP contribution in [0.4, 0.5) is 0 Å². The highest BCUT2D eigenvalue weighted by Crippen LogP contribution is 2.46. The van der Waals surface area contributed by atoms with E-state index >= 15 is 0 Å².